The Balaban J connectivity index is 0.000000292. The molecule has 0 unspecified atom stereocenters. The van der Waals surface area contributed by atoms with E-state index in [2.05, 4.69) is 33.8 Å². The van der Waals surface area contributed by atoms with E-state index in [1.165, 1.54) is 41.5 Å². The molecule has 0 radical (unpaired) electrons. The average molecular weight is 267 g/mol. The first-order valence-corrected chi connectivity index (χ1v) is 6.43. The molecule has 0 atom stereocenters. The second kappa shape index (κ2) is 8.18. The van der Waals surface area contributed by atoms with Crippen molar-refractivity contribution in [2.24, 2.45) is 0 Å². The third-order valence-electron chi connectivity index (χ3n) is 3.78. The van der Waals surface area contributed by atoms with Crippen LogP contribution in [0, 0.1) is 27.7 Å². The summed E-state index contributed by atoms with van der Waals surface area (Å²) in [5.74, 6) is 0. The quantitative estimate of drug-likeness (QED) is 0.466. The summed E-state index contributed by atoms with van der Waals surface area (Å²) in [6.07, 6.45) is 6.28. The van der Waals surface area contributed by atoms with E-state index < -0.39 is 0 Å². The van der Waals surface area contributed by atoms with Crippen molar-refractivity contribution in [3.63, 3.8) is 0 Å². The number of rotatable bonds is 0. The Kier molecular flexibility index (Phi) is 8.19. The van der Waals surface area contributed by atoms with Crippen LogP contribution in [-0.4, -0.2) is 6.04 Å². The van der Waals surface area contributed by atoms with Crippen LogP contribution in [0.3, 0.4) is 0 Å². The molecular formula is C15H25NTi. The van der Waals surface area contributed by atoms with Gasteiger partial charge in [-0.15, -0.1) is 6.04 Å². The second-order valence-electron chi connectivity index (χ2n) is 5.10. The molecule has 1 aliphatic rings. The Labute approximate surface area is 121 Å². The van der Waals surface area contributed by atoms with Crippen molar-refractivity contribution in [1.29, 1.82) is 0 Å². The van der Waals surface area contributed by atoms with Gasteiger partial charge in [0.15, 0.2) is 0 Å². The zero-order valence-corrected chi connectivity index (χ0v) is 13.3. The van der Waals surface area contributed by atoms with Crippen molar-refractivity contribution in [2.45, 2.75) is 65.8 Å². The summed E-state index contributed by atoms with van der Waals surface area (Å²) < 4.78 is 0. The fraction of sp³-hybridized carbons (Fsp3) is 0.667. The summed E-state index contributed by atoms with van der Waals surface area (Å²) in [6, 6.07) is 2.53. The minimum absolute atomic E-state index is 0. The van der Waals surface area contributed by atoms with Gasteiger partial charge < -0.3 is 5.73 Å². The first-order valence-electron chi connectivity index (χ1n) is 6.43. The van der Waals surface area contributed by atoms with Crippen LogP contribution >= 0.6 is 0 Å². The summed E-state index contributed by atoms with van der Waals surface area (Å²) >= 11 is 0. The van der Waals surface area contributed by atoms with Crippen LogP contribution in [0.4, 0.5) is 0 Å². The molecule has 1 nitrogen and oxygen atoms in total. The largest absolute Gasteiger partial charge is 2.00 e. The van der Waals surface area contributed by atoms with Crippen LogP contribution in [0.1, 0.15) is 54.4 Å². The number of hydrogen-bond donors (Lipinski definition) is 0. The first kappa shape index (κ1) is 17.0. The van der Waals surface area contributed by atoms with Gasteiger partial charge in [0.2, 0.25) is 0 Å². The Morgan fingerprint density at radius 2 is 1.65 bits per heavy atom. The molecule has 1 saturated carbocycles. The molecule has 0 aromatic heterocycles. The normalized spacial score (nSPS) is 15.8. The van der Waals surface area contributed by atoms with Gasteiger partial charge in [-0.05, 0) is 0 Å². The fourth-order valence-corrected chi connectivity index (χ4v) is 2.24. The molecular weight excluding hydrogens is 242 g/mol. The minimum Gasteiger partial charge on any atom is -0.675 e. The molecule has 0 saturated heterocycles. The van der Waals surface area contributed by atoms with Crippen molar-refractivity contribution < 1.29 is 21.7 Å². The summed E-state index contributed by atoms with van der Waals surface area (Å²) in [5.41, 5.74) is 13.0. The van der Waals surface area contributed by atoms with E-state index in [1.54, 1.807) is 0 Å². The van der Waals surface area contributed by atoms with Gasteiger partial charge in [0.05, 0.1) is 0 Å². The molecule has 1 aromatic rings. The van der Waals surface area contributed by atoms with Crippen LogP contribution in [0.2, 0.25) is 0 Å². The van der Waals surface area contributed by atoms with E-state index in [4.69, 9.17) is 5.73 Å². The van der Waals surface area contributed by atoms with Gasteiger partial charge in [-0.2, -0.15) is 28.3 Å². The van der Waals surface area contributed by atoms with Gasteiger partial charge >= 0.3 is 21.7 Å². The molecule has 0 aliphatic heterocycles. The van der Waals surface area contributed by atoms with Crippen LogP contribution < -0.4 is 0 Å². The maximum Gasteiger partial charge on any atom is 2.00 e. The Bertz CT molecular complexity index is 299. The molecule has 1 N–H and O–H groups in total. The minimum atomic E-state index is 0. The van der Waals surface area contributed by atoms with Gasteiger partial charge in [0, 0.05) is 0 Å². The molecule has 0 heterocycles. The first-order chi connectivity index (χ1) is 7.52. The SMILES string of the molecule is Cc1c[c-](C)c(C)c1C.[NH-]C1CCCCC1.[Ti+2]. The Morgan fingerprint density at radius 3 is 1.82 bits per heavy atom. The standard InChI is InChI=1S/C9H13.C6H12N.Ti/c1-6-5-7(2)9(4)8(6)3;7-6-4-2-1-3-5-6;/h5H,1-4H3;6-7H,1-5H2;/q2*-1;+2. The van der Waals surface area contributed by atoms with Gasteiger partial charge in [0.25, 0.3) is 0 Å². The zero-order valence-electron chi connectivity index (χ0n) is 11.7. The molecule has 0 bridgehead atoms. The average Bonchev–Trinajstić information content (AvgIpc) is 2.48. The van der Waals surface area contributed by atoms with Crippen LogP contribution in [0.5, 0.6) is 0 Å². The monoisotopic (exact) mass is 267 g/mol. The van der Waals surface area contributed by atoms with E-state index in [1.807, 2.05) is 0 Å². The van der Waals surface area contributed by atoms with Crippen molar-refractivity contribution in [3.05, 3.63) is 34.1 Å². The zero-order chi connectivity index (χ0) is 12.1. The molecule has 0 spiro atoms. The second-order valence-corrected chi connectivity index (χ2v) is 5.10. The Morgan fingerprint density at radius 1 is 1.12 bits per heavy atom. The van der Waals surface area contributed by atoms with Gasteiger partial charge in [-0.1, -0.05) is 59.8 Å². The summed E-state index contributed by atoms with van der Waals surface area (Å²) in [7, 11) is 0. The number of aryl methyl sites for hydroxylation is 2. The van der Waals surface area contributed by atoms with Crippen LogP contribution in [-0.2, 0) is 21.7 Å². The molecule has 2 heteroatoms. The van der Waals surface area contributed by atoms with E-state index >= 15 is 0 Å². The van der Waals surface area contributed by atoms with E-state index in [0.717, 1.165) is 12.8 Å². The summed E-state index contributed by atoms with van der Waals surface area (Å²) in [4.78, 5) is 0. The van der Waals surface area contributed by atoms with Crippen LogP contribution in [0.25, 0.3) is 5.73 Å². The van der Waals surface area contributed by atoms with Crippen LogP contribution in [0.15, 0.2) is 6.07 Å². The molecule has 1 aliphatic carbocycles. The van der Waals surface area contributed by atoms with Crippen molar-refractivity contribution in [2.75, 3.05) is 0 Å². The topological polar surface area (TPSA) is 23.8 Å². The fourth-order valence-electron chi connectivity index (χ4n) is 2.24. The van der Waals surface area contributed by atoms with E-state index in [-0.39, 0.29) is 27.8 Å². The molecule has 1 aromatic carbocycles. The van der Waals surface area contributed by atoms with Crippen molar-refractivity contribution in [1.82, 2.24) is 0 Å². The molecule has 0 amide bonds. The van der Waals surface area contributed by atoms with Gasteiger partial charge in [-0.25, -0.2) is 0 Å². The molecule has 2 rings (SSSR count). The predicted molar refractivity (Wildman–Crippen MR) is 72.2 cm³/mol. The Hall–Kier alpha value is 0.0243. The molecule has 94 valence electrons. The molecule has 17 heavy (non-hydrogen) atoms. The summed E-state index contributed by atoms with van der Waals surface area (Å²) in [5, 5.41) is 0. The third kappa shape index (κ3) is 5.46. The predicted octanol–water partition coefficient (Wildman–Crippen LogP) is 5.01. The van der Waals surface area contributed by atoms with E-state index in [9.17, 15) is 0 Å². The van der Waals surface area contributed by atoms with Gasteiger partial charge in [-0.3, -0.25) is 0 Å². The maximum atomic E-state index is 7.27. The van der Waals surface area contributed by atoms with Crippen molar-refractivity contribution >= 4 is 0 Å². The molecule has 1 fully saturated rings. The number of nitrogens with one attached hydrogen (secondary N) is 1. The number of hydrogen-bond acceptors (Lipinski definition) is 0. The smallest absolute Gasteiger partial charge is 0.675 e. The third-order valence-corrected chi connectivity index (χ3v) is 3.78. The van der Waals surface area contributed by atoms with E-state index in [0.29, 0.717) is 0 Å². The summed E-state index contributed by atoms with van der Waals surface area (Å²) in [6.45, 7) is 8.68. The van der Waals surface area contributed by atoms with Crippen molar-refractivity contribution in [3.8, 4) is 0 Å². The van der Waals surface area contributed by atoms with Gasteiger partial charge in [0.1, 0.15) is 0 Å². The maximum absolute atomic E-state index is 7.27.